The first kappa shape index (κ1) is 20.3. The summed E-state index contributed by atoms with van der Waals surface area (Å²) in [6.45, 7) is 2.84. The van der Waals surface area contributed by atoms with Gasteiger partial charge in [-0.25, -0.2) is 15.0 Å². The maximum absolute atomic E-state index is 9.52. The second-order valence-electron chi connectivity index (χ2n) is 6.22. The van der Waals surface area contributed by atoms with Crippen LogP contribution in [-0.4, -0.2) is 31.2 Å². The van der Waals surface area contributed by atoms with Crippen LogP contribution in [-0.2, 0) is 0 Å². The van der Waals surface area contributed by atoms with Gasteiger partial charge < -0.3 is 14.6 Å². The number of rotatable bonds is 4. The molecule has 2 aromatic heterocycles. The van der Waals surface area contributed by atoms with Gasteiger partial charge >= 0.3 is 0 Å². The highest BCUT2D eigenvalue weighted by Crippen LogP contribution is 2.34. The number of benzene rings is 1. The Balaban J connectivity index is 0.00000121. The molecule has 0 unspecified atom stereocenters. The summed E-state index contributed by atoms with van der Waals surface area (Å²) >= 11 is 0. The zero-order valence-electron chi connectivity index (χ0n) is 14.6. The van der Waals surface area contributed by atoms with Crippen molar-refractivity contribution < 1.29 is 5.11 Å². The molecule has 4 rings (SSSR count). The van der Waals surface area contributed by atoms with Gasteiger partial charge in [0, 0.05) is 18.3 Å². The van der Waals surface area contributed by atoms with E-state index in [0.29, 0.717) is 6.04 Å². The Morgan fingerprint density at radius 2 is 1.77 bits per heavy atom. The van der Waals surface area contributed by atoms with E-state index < -0.39 is 0 Å². The van der Waals surface area contributed by atoms with Crippen LogP contribution in [0.3, 0.4) is 0 Å². The van der Waals surface area contributed by atoms with Crippen molar-refractivity contribution in [2.75, 3.05) is 11.4 Å². The quantitative estimate of drug-likeness (QED) is 0.696. The average molecular weight is 396 g/mol. The number of anilines is 2. The van der Waals surface area contributed by atoms with Crippen molar-refractivity contribution in [3.05, 3.63) is 36.9 Å². The topological polar surface area (TPSA) is 67.1 Å². The van der Waals surface area contributed by atoms with Gasteiger partial charge in [-0.3, -0.25) is 0 Å². The summed E-state index contributed by atoms with van der Waals surface area (Å²) in [5.41, 5.74) is 2.72. The van der Waals surface area contributed by atoms with E-state index in [1.165, 1.54) is 25.7 Å². The smallest absolute Gasteiger partial charge is 0.165 e. The molecule has 0 atom stereocenters. The minimum atomic E-state index is 0. The summed E-state index contributed by atoms with van der Waals surface area (Å²) in [4.78, 5) is 15.7. The largest absolute Gasteiger partial charge is 0.508 e. The van der Waals surface area contributed by atoms with Gasteiger partial charge in [0.1, 0.15) is 12.1 Å². The predicted molar refractivity (Wildman–Crippen MR) is 108 cm³/mol. The first-order valence-electron chi connectivity index (χ1n) is 8.52. The van der Waals surface area contributed by atoms with E-state index in [1.54, 1.807) is 18.5 Å². The number of hydrogen-bond donors (Lipinski definition) is 1. The molecule has 0 spiro atoms. The number of imidazole rings is 1. The number of aromatic hydroxyl groups is 1. The Morgan fingerprint density at radius 1 is 1.08 bits per heavy atom. The molecule has 1 aliphatic carbocycles. The Labute approximate surface area is 165 Å². The van der Waals surface area contributed by atoms with Crippen molar-refractivity contribution in [3.63, 3.8) is 0 Å². The van der Waals surface area contributed by atoms with Crippen LogP contribution in [0.5, 0.6) is 5.75 Å². The molecule has 1 saturated carbocycles. The molecule has 0 radical (unpaired) electrons. The maximum Gasteiger partial charge on any atom is 0.165 e. The normalized spacial score (nSPS) is 14.0. The van der Waals surface area contributed by atoms with Gasteiger partial charge in [-0.15, -0.1) is 24.8 Å². The van der Waals surface area contributed by atoms with E-state index in [-0.39, 0.29) is 30.6 Å². The molecule has 0 bridgehead atoms. The van der Waals surface area contributed by atoms with Crippen molar-refractivity contribution >= 4 is 47.5 Å². The standard InChI is InChI=1S/C18H21N5O.2ClH/c1-2-22(14-7-9-15(24)10-8-14)17-16-18(20-11-19-17)23(12-21-16)13-5-3-4-6-13;;/h7-13,24H,2-6H2,1H3;2*1H. The van der Waals surface area contributed by atoms with Crippen LogP contribution in [0.25, 0.3) is 11.2 Å². The molecule has 1 fully saturated rings. The van der Waals surface area contributed by atoms with Gasteiger partial charge in [0.15, 0.2) is 17.0 Å². The molecule has 1 N–H and O–H groups in total. The number of phenolic OH excluding ortho intramolecular Hbond substituents is 1. The van der Waals surface area contributed by atoms with Crippen LogP contribution in [0.4, 0.5) is 11.5 Å². The van der Waals surface area contributed by atoms with Crippen LogP contribution in [0.1, 0.15) is 38.6 Å². The highest BCUT2D eigenvalue weighted by molar-refractivity contribution is 5.86. The lowest BCUT2D eigenvalue weighted by molar-refractivity contribution is 0.475. The first-order chi connectivity index (χ1) is 11.8. The zero-order chi connectivity index (χ0) is 16.5. The lowest BCUT2D eigenvalue weighted by Gasteiger charge is -2.22. The van der Waals surface area contributed by atoms with Crippen LogP contribution < -0.4 is 4.90 Å². The fraction of sp³-hybridized carbons (Fsp3) is 0.389. The highest BCUT2D eigenvalue weighted by atomic mass is 35.5. The summed E-state index contributed by atoms with van der Waals surface area (Å²) in [7, 11) is 0. The first-order valence-corrected chi connectivity index (χ1v) is 8.52. The van der Waals surface area contributed by atoms with Crippen molar-refractivity contribution in [2.24, 2.45) is 0 Å². The summed E-state index contributed by atoms with van der Waals surface area (Å²) in [5.74, 6) is 1.07. The Morgan fingerprint density at radius 3 is 2.42 bits per heavy atom. The molecule has 1 aromatic carbocycles. The molecular weight excluding hydrogens is 373 g/mol. The Bertz CT molecular complexity index is 846. The fourth-order valence-corrected chi connectivity index (χ4v) is 3.57. The Kier molecular flexibility index (Phi) is 6.67. The SMILES string of the molecule is CCN(c1ccc(O)cc1)c1ncnc2c1ncn2C1CCCC1.Cl.Cl. The molecule has 0 amide bonds. The molecule has 1 aliphatic rings. The van der Waals surface area contributed by atoms with Crippen LogP contribution >= 0.6 is 24.8 Å². The molecule has 0 aliphatic heterocycles. The van der Waals surface area contributed by atoms with Crippen molar-refractivity contribution in [1.29, 1.82) is 0 Å². The highest BCUT2D eigenvalue weighted by Gasteiger charge is 2.22. The summed E-state index contributed by atoms with van der Waals surface area (Å²) in [6, 6.07) is 7.66. The third-order valence-electron chi connectivity index (χ3n) is 4.79. The van der Waals surface area contributed by atoms with E-state index in [0.717, 1.165) is 29.2 Å². The molecule has 6 nitrogen and oxygen atoms in total. The monoisotopic (exact) mass is 395 g/mol. The van der Waals surface area contributed by atoms with Gasteiger partial charge in [-0.2, -0.15) is 0 Å². The molecule has 0 saturated heterocycles. The van der Waals surface area contributed by atoms with E-state index in [4.69, 9.17) is 0 Å². The summed E-state index contributed by atoms with van der Waals surface area (Å²) in [5, 5.41) is 9.52. The molecule has 2 heterocycles. The lowest BCUT2D eigenvalue weighted by Crippen LogP contribution is -2.18. The maximum atomic E-state index is 9.52. The molecular formula is C18H23Cl2N5O. The average Bonchev–Trinajstić information content (AvgIpc) is 3.26. The zero-order valence-corrected chi connectivity index (χ0v) is 16.2. The summed E-state index contributed by atoms with van der Waals surface area (Å²) < 4.78 is 2.21. The molecule has 8 heteroatoms. The second kappa shape index (κ2) is 8.56. The van der Waals surface area contributed by atoms with E-state index >= 15 is 0 Å². The van der Waals surface area contributed by atoms with Crippen LogP contribution in [0.15, 0.2) is 36.9 Å². The van der Waals surface area contributed by atoms with Gasteiger partial charge in [0.2, 0.25) is 0 Å². The van der Waals surface area contributed by atoms with Gasteiger partial charge in [0.25, 0.3) is 0 Å². The predicted octanol–water partition coefficient (Wildman–Crippen LogP) is 4.65. The van der Waals surface area contributed by atoms with Crippen molar-refractivity contribution in [3.8, 4) is 5.75 Å². The minimum Gasteiger partial charge on any atom is -0.508 e. The minimum absolute atomic E-state index is 0. The number of fused-ring (bicyclic) bond motifs is 1. The second-order valence-corrected chi connectivity index (χ2v) is 6.22. The fourth-order valence-electron chi connectivity index (χ4n) is 3.57. The van der Waals surface area contributed by atoms with Gasteiger partial charge in [-0.1, -0.05) is 12.8 Å². The number of aromatic nitrogens is 4. The number of phenols is 1. The number of halogens is 2. The third kappa shape index (κ3) is 3.57. The number of nitrogens with zero attached hydrogens (tertiary/aromatic N) is 5. The molecule has 140 valence electrons. The van der Waals surface area contributed by atoms with Gasteiger partial charge in [0.05, 0.1) is 6.33 Å². The van der Waals surface area contributed by atoms with Crippen molar-refractivity contribution in [2.45, 2.75) is 38.6 Å². The van der Waals surface area contributed by atoms with Crippen molar-refractivity contribution in [1.82, 2.24) is 19.5 Å². The lowest BCUT2D eigenvalue weighted by atomic mass is 10.2. The Hall–Kier alpha value is -2.05. The third-order valence-corrected chi connectivity index (χ3v) is 4.79. The van der Waals surface area contributed by atoms with Crippen LogP contribution in [0.2, 0.25) is 0 Å². The molecule has 26 heavy (non-hydrogen) atoms. The number of hydrogen-bond acceptors (Lipinski definition) is 5. The van der Waals surface area contributed by atoms with Gasteiger partial charge in [-0.05, 0) is 44.0 Å². The van der Waals surface area contributed by atoms with E-state index in [9.17, 15) is 5.11 Å². The van der Waals surface area contributed by atoms with E-state index in [1.807, 2.05) is 18.5 Å². The van der Waals surface area contributed by atoms with E-state index in [2.05, 4.69) is 31.3 Å². The van der Waals surface area contributed by atoms with Crippen LogP contribution in [0, 0.1) is 0 Å². The molecule has 3 aromatic rings. The summed E-state index contributed by atoms with van der Waals surface area (Å²) in [6.07, 6.45) is 8.46.